The molecule has 1 aromatic heterocycles. The molecule has 1 atom stereocenters. The second kappa shape index (κ2) is 10.7. The Bertz CT molecular complexity index is 1240. The molecular weight excluding hydrogens is 426 g/mol. The van der Waals surface area contributed by atoms with Crippen LogP contribution in [0.4, 0.5) is 5.82 Å². The zero-order valence-corrected chi connectivity index (χ0v) is 19.2. The van der Waals surface area contributed by atoms with Crippen molar-refractivity contribution in [3.05, 3.63) is 107 Å². The minimum Gasteiger partial charge on any atom is -0.497 e. The van der Waals surface area contributed by atoms with Crippen LogP contribution in [-0.4, -0.2) is 28.1 Å². The van der Waals surface area contributed by atoms with Crippen molar-refractivity contribution < 1.29 is 14.6 Å². The van der Waals surface area contributed by atoms with Gasteiger partial charge in [0.25, 0.3) is 0 Å². The normalized spacial score (nSPS) is 11.6. The topological polar surface area (TPSA) is 84.3 Å². The summed E-state index contributed by atoms with van der Waals surface area (Å²) in [6.07, 6.45) is 1.89. The molecule has 0 saturated heterocycles. The average Bonchev–Trinajstić information content (AvgIpc) is 2.86. The molecule has 6 heteroatoms. The maximum absolute atomic E-state index is 12.8. The number of nitrogens with one attached hydrogen (secondary N) is 1. The molecule has 1 amide bonds. The van der Waals surface area contributed by atoms with E-state index in [4.69, 9.17) is 9.72 Å². The second-order valence-electron chi connectivity index (χ2n) is 8.08. The molecule has 0 aliphatic heterocycles. The average molecular weight is 454 g/mol. The maximum Gasteiger partial charge on any atom is 0.229 e. The molecule has 0 fully saturated rings. The Hall–Kier alpha value is -4.03. The molecular formula is C28H27N3O3. The fraction of sp³-hybridized carbons (Fsp3) is 0.179. The molecule has 1 unspecified atom stereocenters. The number of anilines is 1. The van der Waals surface area contributed by atoms with Gasteiger partial charge in [-0.1, -0.05) is 66.7 Å². The van der Waals surface area contributed by atoms with E-state index in [9.17, 15) is 9.90 Å². The van der Waals surface area contributed by atoms with Gasteiger partial charge in [0.1, 0.15) is 5.75 Å². The number of rotatable bonds is 8. The van der Waals surface area contributed by atoms with Crippen molar-refractivity contribution in [3.8, 4) is 17.0 Å². The fourth-order valence-electron chi connectivity index (χ4n) is 3.62. The van der Waals surface area contributed by atoms with Crippen LogP contribution in [0.2, 0.25) is 0 Å². The van der Waals surface area contributed by atoms with Crippen LogP contribution in [0.15, 0.2) is 85.1 Å². The lowest BCUT2D eigenvalue weighted by Crippen LogP contribution is -2.17. The first kappa shape index (κ1) is 23.1. The molecule has 6 nitrogen and oxygen atoms in total. The van der Waals surface area contributed by atoms with E-state index >= 15 is 0 Å². The lowest BCUT2D eigenvalue weighted by Gasteiger charge is -2.12. The quantitative estimate of drug-likeness (QED) is 0.393. The Labute approximate surface area is 199 Å². The van der Waals surface area contributed by atoms with Gasteiger partial charge < -0.3 is 15.2 Å². The number of aliphatic hydroxyl groups is 1. The molecule has 2 N–H and O–H groups in total. The monoisotopic (exact) mass is 453 g/mol. The van der Waals surface area contributed by atoms with E-state index < -0.39 is 6.10 Å². The first-order valence-electron chi connectivity index (χ1n) is 11.1. The number of methoxy groups -OCH3 is 1. The summed E-state index contributed by atoms with van der Waals surface area (Å²) in [7, 11) is 1.61. The number of aromatic nitrogens is 2. The van der Waals surface area contributed by atoms with Crippen LogP contribution >= 0.6 is 0 Å². The van der Waals surface area contributed by atoms with Gasteiger partial charge in [-0.05, 0) is 35.7 Å². The summed E-state index contributed by atoms with van der Waals surface area (Å²) in [5.41, 5.74) is 5.07. The minimum atomic E-state index is -0.530. The van der Waals surface area contributed by atoms with Crippen LogP contribution < -0.4 is 10.1 Å². The third kappa shape index (κ3) is 5.85. The second-order valence-corrected chi connectivity index (χ2v) is 8.08. The van der Waals surface area contributed by atoms with Crippen molar-refractivity contribution in [3.63, 3.8) is 0 Å². The number of ether oxygens (including phenoxy) is 1. The van der Waals surface area contributed by atoms with Crippen molar-refractivity contribution >= 4 is 11.7 Å². The van der Waals surface area contributed by atoms with E-state index in [2.05, 4.69) is 10.3 Å². The number of carbonyl (C=O) groups is 1. The molecule has 0 saturated carbocycles. The Morgan fingerprint density at radius 3 is 2.32 bits per heavy atom. The molecule has 3 aromatic carbocycles. The number of amides is 1. The van der Waals surface area contributed by atoms with Gasteiger partial charge in [0.2, 0.25) is 5.91 Å². The molecule has 0 radical (unpaired) electrons. The highest BCUT2D eigenvalue weighted by molar-refractivity contribution is 5.92. The summed E-state index contributed by atoms with van der Waals surface area (Å²) in [6.45, 7) is 1.73. The number of nitrogens with zero attached hydrogens (tertiary/aromatic N) is 2. The summed E-state index contributed by atoms with van der Waals surface area (Å²) in [6, 6.07) is 25.0. The predicted octanol–water partition coefficient (Wildman–Crippen LogP) is 4.98. The van der Waals surface area contributed by atoms with Gasteiger partial charge in [-0.15, -0.1) is 0 Å². The number of aliphatic hydroxyl groups excluding tert-OH is 1. The van der Waals surface area contributed by atoms with Crippen LogP contribution in [0.5, 0.6) is 5.75 Å². The number of hydrogen-bond donors (Lipinski definition) is 2. The van der Waals surface area contributed by atoms with Gasteiger partial charge in [-0.25, -0.2) is 9.97 Å². The van der Waals surface area contributed by atoms with Gasteiger partial charge in [0, 0.05) is 12.0 Å². The van der Waals surface area contributed by atoms with E-state index in [1.54, 1.807) is 20.2 Å². The van der Waals surface area contributed by atoms with Crippen LogP contribution in [-0.2, 0) is 17.6 Å². The molecule has 4 aromatic rings. The van der Waals surface area contributed by atoms with E-state index in [-0.39, 0.29) is 12.3 Å². The van der Waals surface area contributed by atoms with E-state index in [0.29, 0.717) is 23.6 Å². The standard InChI is InChI=1S/C28H27N3O3/c1-19(32)22-10-12-23(13-11-22)26-18-29-28(25(30-26)16-20-6-4-3-5-7-20)31-27(33)17-21-8-14-24(34-2)15-9-21/h3-15,18-19,32H,16-17H2,1-2H3,(H,29,31,33). The Morgan fingerprint density at radius 1 is 0.971 bits per heavy atom. The highest BCUT2D eigenvalue weighted by Crippen LogP contribution is 2.24. The molecule has 0 aliphatic carbocycles. The van der Waals surface area contributed by atoms with Crippen molar-refractivity contribution in [1.82, 2.24) is 9.97 Å². The molecule has 1 heterocycles. The van der Waals surface area contributed by atoms with Gasteiger partial charge in [0.15, 0.2) is 5.82 Å². The Balaban J connectivity index is 1.59. The van der Waals surface area contributed by atoms with E-state index in [0.717, 1.165) is 28.0 Å². The third-order valence-electron chi connectivity index (χ3n) is 5.53. The molecule has 34 heavy (non-hydrogen) atoms. The van der Waals surface area contributed by atoms with Crippen molar-refractivity contribution in [1.29, 1.82) is 0 Å². The van der Waals surface area contributed by atoms with Crippen LogP contribution in [0.1, 0.15) is 35.4 Å². The first-order valence-corrected chi connectivity index (χ1v) is 11.1. The predicted molar refractivity (Wildman–Crippen MR) is 133 cm³/mol. The van der Waals surface area contributed by atoms with Crippen molar-refractivity contribution in [2.45, 2.75) is 25.9 Å². The lowest BCUT2D eigenvalue weighted by atomic mass is 10.1. The van der Waals surface area contributed by atoms with Crippen LogP contribution in [0.3, 0.4) is 0 Å². The highest BCUT2D eigenvalue weighted by atomic mass is 16.5. The van der Waals surface area contributed by atoms with E-state index in [1.165, 1.54) is 0 Å². The SMILES string of the molecule is COc1ccc(CC(=O)Nc2ncc(-c3ccc(C(C)O)cc3)nc2Cc2ccccc2)cc1. The van der Waals surface area contributed by atoms with Gasteiger partial charge >= 0.3 is 0 Å². The van der Waals surface area contributed by atoms with Gasteiger partial charge in [-0.3, -0.25) is 4.79 Å². The van der Waals surface area contributed by atoms with Crippen LogP contribution in [0.25, 0.3) is 11.3 Å². The fourth-order valence-corrected chi connectivity index (χ4v) is 3.62. The summed E-state index contributed by atoms with van der Waals surface area (Å²) >= 11 is 0. The zero-order valence-electron chi connectivity index (χ0n) is 19.2. The summed E-state index contributed by atoms with van der Waals surface area (Å²) in [5, 5.41) is 12.7. The Kier molecular flexibility index (Phi) is 7.30. The smallest absolute Gasteiger partial charge is 0.229 e. The highest BCUT2D eigenvalue weighted by Gasteiger charge is 2.14. The Morgan fingerprint density at radius 2 is 1.68 bits per heavy atom. The van der Waals surface area contributed by atoms with Crippen molar-refractivity contribution in [2.24, 2.45) is 0 Å². The lowest BCUT2D eigenvalue weighted by molar-refractivity contribution is -0.115. The van der Waals surface area contributed by atoms with E-state index in [1.807, 2.05) is 78.9 Å². The largest absolute Gasteiger partial charge is 0.497 e. The first-order chi connectivity index (χ1) is 16.5. The number of hydrogen-bond acceptors (Lipinski definition) is 5. The van der Waals surface area contributed by atoms with Gasteiger partial charge in [0.05, 0.1) is 37.2 Å². The van der Waals surface area contributed by atoms with Gasteiger partial charge in [-0.2, -0.15) is 0 Å². The van der Waals surface area contributed by atoms with Crippen LogP contribution in [0, 0.1) is 0 Å². The molecule has 0 aliphatic rings. The molecule has 0 bridgehead atoms. The summed E-state index contributed by atoms with van der Waals surface area (Å²) < 4.78 is 5.18. The summed E-state index contributed by atoms with van der Waals surface area (Å²) in [5.74, 6) is 1.03. The number of benzene rings is 3. The summed E-state index contributed by atoms with van der Waals surface area (Å²) in [4.78, 5) is 22.2. The zero-order chi connectivity index (χ0) is 23.9. The molecule has 172 valence electrons. The number of carbonyl (C=O) groups excluding carboxylic acids is 1. The third-order valence-corrected chi connectivity index (χ3v) is 5.53. The molecule has 4 rings (SSSR count). The van der Waals surface area contributed by atoms with Crippen molar-refractivity contribution in [2.75, 3.05) is 12.4 Å². The maximum atomic E-state index is 12.8. The molecule has 0 spiro atoms. The minimum absolute atomic E-state index is 0.164.